The highest BCUT2D eigenvalue weighted by molar-refractivity contribution is 7.07. The van der Waals surface area contributed by atoms with Crippen LogP contribution in [0.25, 0.3) is 0 Å². The summed E-state index contributed by atoms with van der Waals surface area (Å²) in [5, 5.41) is 0.671. The van der Waals surface area contributed by atoms with E-state index in [1.54, 1.807) is 0 Å². The van der Waals surface area contributed by atoms with Crippen LogP contribution in [0.1, 0.15) is 18.7 Å². The van der Waals surface area contributed by atoms with E-state index in [1.807, 2.05) is 6.92 Å². The zero-order valence-electron chi connectivity index (χ0n) is 6.86. The minimum Gasteiger partial charge on any atom is -0.466 e. The fraction of sp³-hybridized carbons (Fsp3) is 0.714. The third kappa shape index (κ3) is 1.56. The summed E-state index contributed by atoms with van der Waals surface area (Å²) in [7, 11) is 0. The van der Waals surface area contributed by atoms with Gasteiger partial charge in [0.25, 0.3) is 5.19 Å². The first-order chi connectivity index (χ1) is 5.74. The second-order valence-electron chi connectivity index (χ2n) is 3.08. The van der Waals surface area contributed by atoms with Crippen molar-refractivity contribution in [2.45, 2.75) is 31.9 Å². The average Bonchev–Trinajstić information content (AvgIpc) is 2.33. The van der Waals surface area contributed by atoms with Crippen molar-refractivity contribution < 1.29 is 4.74 Å². The molecule has 1 aromatic heterocycles. The molecule has 0 aromatic carbocycles. The van der Waals surface area contributed by atoms with E-state index >= 15 is 0 Å². The molecular formula is C7H11N3OS. The normalized spacial score (nSPS) is 28.2. The summed E-state index contributed by atoms with van der Waals surface area (Å²) < 4.78 is 9.53. The van der Waals surface area contributed by atoms with Gasteiger partial charge in [-0.2, -0.15) is 9.36 Å². The minimum absolute atomic E-state index is 0.271. The molecule has 1 heterocycles. The highest BCUT2D eigenvalue weighted by Crippen LogP contribution is 2.25. The van der Waals surface area contributed by atoms with E-state index in [4.69, 9.17) is 10.5 Å². The van der Waals surface area contributed by atoms with Crippen LogP contribution in [-0.2, 0) is 0 Å². The van der Waals surface area contributed by atoms with Crippen molar-refractivity contribution in [3.8, 4) is 5.19 Å². The highest BCUT2D eigenvalue weighted by Gasteiger charge is 2.28. The summed E-state index contributed by atoms with van der Waals surface area (Å²) in [4.78, 5) is 4.10. The molecule has 0 unspecified atom stereocenters. The van der Waals surface area contributed by atoms with Crippen molar-refractivity contribution in [3.63, 3.8) is 0 Å². The topological polar surface area (TPSA) is 61.0 Å². The molecule has 2 rings (SSSR count). The van der Waals surface area contributed by atoms with Crippen LogP contribution in [0.5, 0.6) is 5.19 Å². The van der Waals surface area contributed by atoms with Crippen LogP contribution < -0.4 is 10.5 Å². The molecule has 1 fully saturated rings. The lowest BCUT2D eigenvalue weighted by atomic mass is 9.90. The van der Waals surface area contributed by atoms with Gasteiger partial charge in [-0.1, -0.05) is 0 Å². The maximum Gasteiger partial charge on any atom is 0.293 e. The lowest BCUT2D eigenvalue weighted by Gasteiger charge is -2.31. The third-order valence-electron chi connectivity index (χ3n) is 1.91. The van der Waals surface area contributed by atoms with Gasteiger partial charge < -0.3 is 10.5 Å². The van der Waals surface area contributed by atoms with Gasteiger partial charge in [-0.15, -0.1) is 0 Å². The summed E-state index contributed by atoms with van der Waals surface area (Å²) in [6.45, 7) is 1.86. The maximum atomic E-state index is 5.62. The van der Waals surface area contributed by atoms with E-state index in [9.17, 15) is 0 Å². The summed E-state index contributed by atoms with van der Waals surface area (Å²) >= 11 is 1.30. The number of hydrogen-bond donors (Lipinski definition) is 1. The Kier molecular flexibility index (Phi) is 1.98. The lowest BCUT2D eigenvalue weighted by Crippen LogP contribution is -2.43. The molecule has 0 radical (unpaired) electrons. The standard InChI is InChI=1S/C7H11N3OS/c1-4-9-7(12-10-4)11-6-2-5(8)3-6/h5-6H,2-3,8H2,1H3. The van der Waals surface area contributed by atoms with Gasteiger partial charge in [-0.3, -0.25) is 0 Å². The van der Waals surface area contributed by atoms with Crippen molar-refractivity contribution in [2.75, 3.05) is 0 Å². The summed E-state index contributed by atoms with van der Waals surface area (Å²) in [5.74, 6) is 0.777. The maximum absolute atomic E-state index is 5.62. The Balaban J connectivity index is 1.88. The van der Waals surface area contributed by atoms with Gasteiger partial charge in [0.15, 0.2) is 0 Å². The smallest absolute Gasteiger partial charge is 0.293 e. The zero-order valence-corrected chi connectivity index (χ0v) is 7.67. The second kappa shape index (κ2) is 2.99. The molecule has 0 saturated heterocycles. The monoisotopic (exact) mass is 185 g/mol. The highest BCUT2D eigenvalue weighted by atomic mass is 32.1. The Labute approximate surface area is 74.9 Å². The number of aromatic nitrogens is 2. The summed E-state index contributed by atoms with van der Waals surface area (Å²) in [6, 6.07) is 0.323. The first kappa shape index (κ1) is 7.94. The molecule has 4 nitrogen and oxygen atoms in total. The van der Waals surface area contributed by atoms with Crippen LogP contribution in [0, 0.1) is 6.92 Å². The molecule has 1 aliphatic carbocycles. The van der Waals surface area contributed by atoms with E-state index in [1.165, 1.54) is 11.5 Å². The molecule has 1 saturated carbocycles. The molecule has 1 aliphatic rings. The quantitative estimate of drug-likeness (QED) is 0.737. The van der Waals surface area contributed by atoms with Crippen LogP contribution >= 0.6 is 11.5 Å². The SMILES string of the molecule is Cc1nsc(OC2CC(N)C2)n1. The minimum atomic E-state index is 0.271. The predicted molar refractivity (Wildman–Crippen MR) is 46.3 cm³/mol. The van der Waals surface area contributed by atoms with Gasteiger partial charge in [0.2, 0.25) is 0 Å². The average molecular weight is 185 g/mol. The van der Waals surface area contributed by atoms with Crippen LogP contribution in [0.4, 0.5) is 0 Å². The van der Waals surface area contributed by atoms with E-state index in [0.717, 1.165) is 18.7 Å². The van der Waals surface area contributed by atoms with E-state index in [2.05, 4.69) is 9.36 Å². The van der Waals surface area contributed by atoms with E-state index in [-0.39, 0.29) is 6.10 Å². The van der Waals surface area contributed by atoms with Gasteiger partial charge >= 0.3 is 0 Å². The Morgan fingerprint density at radius 2 is 2.33 bits per heavy atom. The summed E-state index contributed by atoms with van der Waals surface area (Å²) in [5.41, 5.74) is 5.62. The van der Waals surface area contributed by atoms with Crippen LogP contribution in [0.15, 0.2) is 0 Å². The third-order valence-corrected chi connectivity index (χ3v) is 2.61. The van der Waals surface area contributed by atoms with Crippen LogP contribution in [0.3, 0.4) is 0 Å². The van der Waals surface area contributed by atoms with Crippen molar-refractivity contribution in [2.24, 2.45) is 5.73 Å². The molecule has 0 spiro atoms. The van der Waals surface area contributed by atoms with Crippen molar-refractivity contribution in [3.05, 3.63) is 5.82 Å². The number of aryl methyl sites for hydroxylation is 1. The first-order valence-electron chi connectivity index (χ1n) is 3.96. The lowest BCUT2D eigenvalue weighted by molar-refractivity contribution is 0.100. The number of rotatable bonds is 2. The molecule has 2 N–H and O–H groups in total. The molecule has 0 bridgehead atoms. The second-order valence-corrected chi connectivity index (χ2v) is 3.79. The predicted octanol–water partition coefficient (Wildman–Crippen LogP) is 0.715. The fourth-order valence-corrected chi connectivity index (χ4v) is 1.77. The van der Waals surface area contributed by atoms with Gasteiger partial charge in [-0.25, -0.2) is 0 Å². The van der Waals surface area contributed by atoms with Gasteiger partial charge in [-0.05, 0) is 19.8 Å². The summed E-state index contributed by atoms with van der Waals surface area (Å²) in [6.07, 6.45) is 2.16. The number of hydrogen-bond acceptors (Lipinski definition) is 5. The molecule has 12 heavy (non-hydrogen) atoms. The molecular weight excluding hydrogens is 174 g/mol. The van der Waals surface area contributed by atoms with Gasteiger partial charge in [0, 0.05) is 17.6 Å². The zero-order chi connectivity index (χ0) is 8.55. The van der Waals surface area contributed by atoms with Crippen molar-refractivity contribution in [1.82, 2.24) is 9.36 Å². The number of ether oxygens (including phenoxy) is 1. The molecule has 66 valence electrons. The van der Waals surface area contributed by atoms with Crippen LogP contribution in [-0.4, -0.2) is 21.5 Å². The van der Waals surface area contributed by atoms with Crippen molar-refractivity contribution >= 4 is 11.5 Å². The molecule has 0 amide bonds. The van der Waals surface area contributed by atoms with E-state index < -0.39 is 0 Å². The van der Waals surface area contributed by atoms with Crippen molar-refractivity contribution in [1.29, 1.82) is 0 Å². The van der Waals surface area contributed by atoms with Crippen LogP contribution in [0.2, 0.25) is 0 Å². The Bertz CT molecular complexity index is 269. The number of nitrogens with two attached hydrogens (primary N) is 1. The largest absolute Gasteiger partial charge is 0.466 e. The molecule has 0 aliphatic heterocycles. The van der Waals surface area contributed by atoms with Gasteiger partial charge in [0.1, 0.15) is 11.9 Å². The molecule has 0 atom stereocenters. The Hall–Kier alpha value is -0.680. The van der Waals surface area contributed by atoms with E-state index in [0.29, 0.717) is 11.2 Å². The molecule has 5 heteroatoms. The Morgan fingerprint density at radius 1 is 1.58 bits per heavy atom. The van der Waals surface area contributed by atoms with Gasteiger partial charge in [0.05, 0.1) is 0 Å². The number of nitrogens with zero attached hydrogens (tertiary/aromatic N) is 2. The fourth-order valence-electron chi connectivity index (χ4n) is 1.17. The first-order valence-corrected chi connectivity index (χ1v) is 4.74. The molecule has 1 aromatic rings. The Morgan fingerprint density at radius 3 is 2.83 bits per heavy atom.